The molecule has 0 atom stereocenters. The Morgan fingerprint density at radius 2 is 2.00 bits per heavy atom. The number of anilines is 1. The van der Waals surface area contributed by atoms with Crippen LogP contribution in [0, 0.1) is 5.82 Å². The van der Waals surface area contributed by atoms with Crippen molar-refractivity contribution in [2.45, 2.75) is 13.0 Å². The predicted molar refractivity (Wildman–Crippen MR) is 96.5 cm³/mol. The maximum atomic E-state index is 13.4. The number of ether oxygens (including phenoxy) is 2. The summed E-state index contributed by atoms with van der Waals surface area (Å²) in [6.45, 7) is 0.657. The van der Waals surface area contributed by atoms with Crippen molar-refractivity contribution < 1.29 is 28.2 Å². The summed E-state index contributed by atoms with van der Waals surface area (Å²) in [7, 11) is 2.56. The van der Waals surface area contributed by atoms with Gasteiger partial charge < -0.3 is 19.7 Å². The van der Waals surface area contributed by atoms with Gasteiger partial charge >= 0.3 is 12.1 Å². The Morgan fingerprint density at radius 1 is 1.22 bits per heavy atom. The van der Waals surface area contributed by atoms with Gasteiger partial charge in [0.2, 0.25) is 0 Å². The summed E-state index contributed by atoms with van der Waals surface area (Å²) in [5.74, 6) is -1.65. The normalized spacial score (nSPS) is 12.9. The van der Waals surface area contributed by atoms with Crippen LogP contribution in [0.3, 0.4) is 0 Å². The Morgan fingerprint density at radius 3 is 2.67 bits per heavy atom. The summed E-state index contributed by atoms with van der Waals surface area (Å²) < 4.78 is 23.0. The van der Waals surface area contributed by atoms with E-state index in [9.17, 15) is 18.8 Å². The molecule has 9 heteroatoms. The standard InChI is InChI=1S/C18H17FN2O5S/c1-25-17(23)14-12-6-7-21(18(24)26-2)9-13(12)27-16(14)20-15(22)10-4-3-5-11(19)8-10/h3-5,8H,6-7,9H2,1-2H3,(H,20,22). The Hall–Kier alpha value is -2.94. The molecule has 1 aromatic heterocycles. The largest absolute Gasteiger partial charge is 0.465 e. The van der Waals surface area contributed by atoms with Gasteiger partial charge in [0, 0.05) is 17.0 Å². The first-order valence-corrected chi connectivity index (χ1v) is 8.89. The minimum Gasteiger partial charge on any atom is -0.465 e. The molecule has 2 heterocycles. The fraction of sp³-hybridized carbons (Fsp3) is 0.278. The van der Waals surface area contributed by atoms with Crippen molar-refractivity contribution in [3.8, 4) is 0 Å². The van der Waals surface area contributed by atoms with E-state index in [-0.39, 0.29) is 17.7 Å². The molecule has 2 amide bonds. The lowest BCUT2D eigenvalue weighted by Crippen LogP contribution is -2.35. The van der Waals surface area contributed by atoms with E-state index < -0.39 is 23.8 Å². The molecule has 1 aliphatic rings. The van der Waals surface area contributed by atoms with E-state index in [1.807, 2.05) is 0 Å². The summed E-state index contributed by atoms with van der Waals surface area (Å²) >= 11 is 1.19. The quantitative estimate of drug-likeness (QED) is 0.812. The van der Waals surface area contributed by atoms with Crippen molar-refractivity contribution in [1.29, 1.82) is 0 Å². The Bertz CT molecular complexity index is 911. The van der Waals surface area contributed by atoms with Crippen LogP contribution >= 0.6 is 11.3 Å². The van der Waals surface area contributed by atoms with Crippen LogP contribution in [0.25, 0.3) is 0 Å². The summed E-state index contributed by atoms with van der Waals surface area (Å²) in [6, 6.07) is 5.25. The second-order valence-corrected chi connectivity index (χ2v) is 6.91. The minimum absolute atomic E-state index is 0.133. The van der Waals surface area contributed by atoms with Gasteiger partial charge in [0.25, 0.3) is 5.91 Å². The number of thiophene rings is 1. The number of nitrogens with one attached hydrogen (secondary N) is 1. The van der Waals surface area contributed by atoms with Crippen molar-refractivity contribution in [1.82, 2.24) is 4.90 Å². The number of benzene rings is 1. The van der Waals surface area contributed by atoms with E-state index in [0.29, 0.717) is 18.0 Å². The molecule has 0 spiro atoms. The summed E-state index contributed by atoms with van der Waals surface area (Å²) in [4.78, 5) is 38.8. The van der Waals surface area contributed by atoms with Crippen LogP contribution in [0.15, 0.2) is 24.3 Å². The van der Waals surface area contributed by atoms with Gasteiger partial charge in [-0.2, -0.15) is 0 Å². The minimum atomic E-state index is -0.575. The summed E-state index contributed by atoms with van der Waals surface area (Å²) in [5.41, 5.74) is 1.14. The van der Waals surface area contributed by atoms with Crippen LogP contribution < -0.4 is 5.32 Å². The number of hydrogen-bond donors (Lipinski definition) is 1. The molecule has 0 saturated heterocycles. The first-order valence-electron chi connectivity index (χ1n) is 8.07. The average Bonchev–Trinajstić information content (AvgIpc) is 3.03. The molecule has 1 aliphatic heterocycles. The number of methoxy groups -OCH3 is 2. The zero-order chi connectivity index (χ0) is 19.6. The van der Waals surface area contributed by atoms with Crippen LogP contribution in [0.5, 0.6) is 0 Å². The SMILES string of the molecule is COC(=O)c1c(NC(=O)c2cccc(F)c2)sc2c1CCN(C(=O)OC)C2. The number of rotatable bonds is 3. The number of carbonyl (C=O) groups is 3. The Balaban J connectivity index is 1.93. The maximum Gasteiger partial charge on any atom is 0.409 e. The zero-order valence-corrected chi connectivity index (χ0v) is 15.5. The van der Waals surface area contributed by atoms with Gasteiger partial charge in [-0.15, -0.1) is 11.3 Å². The molecule has 7 nitrogen and oxygen atoms in total. The molecule has 0 aliphatic carbocycles. The molecule has 0 fully saturated rings. The van der Waals surface area contributed by atoms with Crippen molar-refractivity contribution in [3.05, 3.63) is 51.7 Å². The van der Waals surface area contributed by atoms with Gasteiger partial charge in [0.05, 0.1) is 26.3 Å². The molecule has 1 aromatic carbocycles. The first kappa shape index (κ1) is 18.8. The zero-order valence-electron chi connectivity index (χ0n) is 14.7. The average molecular weight is 392 g/mol. The molecule has 142 valence electrons. The molecule has 0 radical (unpaired) electrons. The van der Waals surface area contributed by atoms with Gasteiger partial charge in [-0.05, 0) is 30.2 Å². The monoisotopic (exact) mass is 392 g/mol. The van der Waals surface area contributed by atoms with E-state index in [1.165, 1.54) is 48.7 Å². The number of hydrogen-bond acceptors (Lipinski definition) is 6. The topological polar surface area (TPSA) is 84.9 Å². The number of amides is 2. The fourth-order valence-electron chi connectivity index (χ4n) is 2.90. The second kappa shape index (κ2) is 7.75. The lowest BCUT2D eigenvalue weighted by atomic mass is 10.0. The van der Waals surface area contributed by atoms with E-state index in [4.69, 9.17) is 9.47 Å². The molecular formula is C18H17FN2O5S. The third-order valence-electron chi connectivity index (χ3n) is 4.19. The number of esters is 1. The highest BCUT2D eigenvalue weighted by Gasteiger charge is 2.31. The number of carbonyl (C=O) groups excluding carboxylic acids is 3. The van der Waals surface area contributed by atoms with Crippen molar-refractivity contribution in [3.63, 3.8) is 0 Å². The highest BCUT2D eigenvalue weighted by molar-refractivity contribution is 7.17. The van der Waals surface area contributed by atoms with Crippen LogP contribution in [-0.2, 0) is 22.4 Å². The Kier molecular flexibility index (Phi) is 5.41. The van der Waals surface area contributed by atoms with Crippen molar-refractivity contribution in [2.24, 2.45) is 0 Å². The molecule has 3 rings (SSSR count). The van der Waals surface area contributed by atoms with Crippen LogP contribution in [-0.4, -0.2) is 43.6 Å². The van der Waals surface area contributed by atoms with E-state index in [2.05, 4.69) is 5.32 Å². The smallest absolute Gasteiger partial charge is 0.409 e. The van der Waals surface area contributed by atoms with Gasteiger partial charge in [0.15, 0.2) is 0 Å². The third kappa shape index (κ3) is 3.77. The Labute approximate surface area is 158 Å². The van der Waals surface area contributed by atoms with Crippen molar-refractivity contribution >= 4 is 34.3 Å². The molecule has 1 N–H and O–H groups in total. The van der Waals surface area contributed by atoms with E-state index >= 15 is 0 Å². The second-order valence-electron chi connectivity index (χ2n) is 5.81. The van der Waals surface area contributed by atoms with Crippen LogP contribution in [0.1, 0.15) is 31.2 Å². The lowest BCUT2D eigenvalue weighted by molar-refractivity contribution is 0.0600. The molecule has 27 heavy (non-hydrogen) atoms. The van der Waals surface area contributed by atoms with Gasteiger partial charge in [-0.25, -0.2) is 14.0 Å². The third-order valence-corrected chi connectivity index (χ3v) is 5.33. The number of nitrogens with zero attached hydrogens (tertiary/aromatic N) is 1. The molecular weight excluding hydrogens is 375 g/mol. The summed E-state index contributed by atoms with van der Waals surface area (Å²) in [6.07, 6.45) is -0.0275. The van der Waals surface area contributed by atoms with Crippen LogP contribution in [0.2, 0.25) is 0 Å². The van der Waals surface area contributed by atoms with Gasteiger partial charge in [0.1, 0.15) is 10.8 Å². The number of fused-ring (bicyclic) bond motifs is 1. The maximum absolute atomic E-state index is 13.4. The molecule has 0 bridgehead atoms. The van der Waals surface area contributed by atoms with E-state index in [0.717, 1.165) is 16.5 Å². The highest BCUT2D eigenvalue weighted by atomic mass is 32.1. The predicted octanol–water partition coefficient (Wildman–Crippen LogP) is 3.05. The van der Waals surface area contributed by atoms with Crippen molar-refractivity contribution in [2.75, 3.05) is 26.1 Å². The molecule has 0 saturated carbocycles. The fourth-order valence-corrected chi connectivity index (χ4v) is 4.15. The summed E-state index contributed by atoms with van der Waals surface area (Å²) in [5, 5.41) is 2.97. The van der Waals surface area contributed by atoms with Gasteiger partial charge in [-0.1, -0.05) is 6.07 Å². The van der Waals surface area contributed by atoms with E-state index in [1.54, 1.807) is 0 Å². The molecule has 2 aromatic rings. The lowest BCUT2D eigenvalue weighted by Gasteiger charge is -2.25. The number of halogens is 1. The van der Waals surface area contributed by atoms with Gasteiger partial charge in [-0.3, -0.25) is 4.79 Å². The van der Waals surface area contributed by atoms with Crippen LogP contribution in [0.4, 0.5) is 14.2 Å². The molecule has 0 unspecified atom stereocenters. The highest BCUT2D eigenvalue weighted by Crippen LogP contribution is 2.38. The first-order chi connectivity index (χ1) is 12.9.